The number of amides is 1. The van der Waals surface area contributed by atoms with E-state index in [9.17, 15) is 4.79 Å². The summed E-state index contributed by atoms with van der Waals surface area (Å²) in [6.45, 7) is 1.58. The molecule has 0 radical (unpaired) electrons. The third-order valence-corrected chi connectivity index (χ3v) is 3.48. The summed E-state index contributed by atoms with van der Waals surface area (Å²) in [5.41, 5.74) is 2.77. The first kappa shape index (κ1) is 10.6. The van der Waals surface area contributed by atoms with Crippen LogP contribution in [0.25, 0.3) is 0 Å². The Morgan fingerprint density at radius 1 is 1.40 bits per heavy atom. The Labute approximate surface area is 94.4 Å². The zero-order valence-electron chi connectivity index (χ0n) is 9.04. The highest BCUT2D eigenvalue weighted by Gasteiger charge is 2.21. The van der Waals surface area contributed by atoms with Crippen LogP contribution in [-0.4, -0.2) is 18.2 Å². The average molecular weight is 221 g/mol. The van der Waals surface area contributed by atoms with Gasteiger partial charge in [0.1, 0.15) is 0 Å². The Morgan fingerprint density at radius 2 is 2.13 bits per heavy atom. The molecule has 1 amide bonds. The molecule has 1 aromatic rings. The minimum absolute atomic E-state index is 0.0675. The van der Waals surface area contributed by atoms with E-state index in [1.807, 2.05) is 0 Å². The normalized spacial score (nSPS) is 18.7. The summed E-state index contributed by atoms with van der Waals surface area (Å²) in [4.78, 5) is 12.3. The largest absolute Gasteiger partial charge is 0.353 e. The molecule has 0 fully saturated rings. The molecule has 0 saturated heterocycles. The summed E-state index contributed by atoms with van der Waals surface area (Å²) in [7, 11) is 0. The highest BCUT2D eigenvalue weighted by molar-refractivity contribution is 7.98. The Bertz CT molecular complexity index is 389. The molecule has 1 unspecified atom stereocenters. The van der Waals surface area contributed by atoms with E-state index in [0.29, 0.717) is 6.04 Å². The Kier molecular flexibility index (Phi) is 3.00. The maximum Gasteiger partial charge on any atom is 0.217 e. The van der Waals surface area contributed by atoms with Gasteiger partial charge in [0.25, 0.3) is 0 Å². The average Bonchev–Trinajstić information content (AvgIpc) is 2.57. The molecule has 1 aliphatic carbocycles. The third kappa shape index (κ3) is 2.34. The summed E-state index contributed by atoms with van der Waals surface area (Å²) in [6.07, 6.45) is 4.04. The molecule has 1 atom stereocenters. The van der Waals surface area contributed by atoms with Crippen LogP contribution in [0.1, 0.15) is 18.1 Å². The molecule has 0 spiro atoms. The number of carbonyl (C=O) groups excluding carboxylic acids is 1. The van der Waals surface area contributed by atoms with Gasteiger partial charge >= 0.3 is 0 Å². The van der Waals surface area contributed by atoms with Crippen LogP contribution < -0.4 is 5.32 Å². The van der Waals surface area contributed by atoms with E-state index in [-0.39, 0.29) is 5.91 Å². The van der Waals surface area contributed by atoms with Crippen LogP contribution in [0, 0.1) is 0 Å². The third-order valence-electron chi connectivity index (χ3n) is 2.75. The van der Waals surface area contributed by atoms with Crippen molar-refractivity contribution in [3.05, 3.63) is 29.3 Å². The molecular formula is C12H15NOS. The number of nitrogens with one attached hydrogen (secondary N) is 1. The predicted molar refractivity (Wildman–Crippen MR) is 63.2 cm³/mol. The fourth-order valence-corrected chi connectivity index (χ4v) is 2.58. The van der Waals surface area contributed by atoms with Gasteiger partial charge in [-0.05, 0) is 42.4 Å². The number of thioether (sulfide) groups is 1. The van der Waals surface area contributed by atoms with Crippen molar-refractivity contribution in [2.24, 2.45) is 0 Å². The molecule has 3 heteroatoms. The van der Waals surface area contributed by atoms with Crippen molar-refractivity contribution in [2.45, 2.75) is 30.7 Å². The minimum atomic E-state index is 0.0675. The molecule has 0 aromatic heterocycles. The van der Waals surface area contributed by atoms with Gasteiger partial charge in [-0.25, -0.2) is 0 Å². The zero-order valence-corrected chi connectivity index (χ0v) is 9.86. The van der Waals surface area contributed by atoms with Gasteiger partial charge in [-0.3, -0.25) is 4.79 Å². The van der Waals surface area contributed by atoms with E-state index in [1.165, 1.54) is 16.0 Å². The summed E-state index contributed by atoms with van der Waals surface area (Å²) in [5, 5.41) is 2.98. The van der Waals surface area contributed by atoms with Crippen LogP contribution in [0.5, 0.6) is 0 Å². The molecule has 1 aromatic carbocycles. The van der Waals surface area contributed by atoms with E-state index in [0.717, 1.165) is 12.8 Å². The van der Waals surface area contributed by atoms with E-state index in [2.05, 4.69) is 29.8 Å². The molecular weight excluding hydrogens is 206 g/mol. The summed E-state index contributed by atoms with van der Waals surface area (Å²) in [6, 6.07) is 6.87. The molecule has 80 valence electrons. The molecule has 15 heavy (non-hydrogen) atoms. The van der Waals surface area contributed by atoms with Crippen LogP contribution >= 0.6 is 11.8 Å². The monoisotopic (exact) mass is 221 g/mol. The number of fused-ring (bicyclic) bond motifs is 1. The molecule has 2 rings (SSSR count). The van der Waals surface area contributed by atoms with Crippen molar-refractivity contribution in [1.82, 2.24) is 5.32 Å². The first-order valence-corrected chi connectivity index (χ1v) is 6.34. The first-order valence-electron chi connectivity index (χ1n) is 5.12. The van der Waals surface area contributed by atoms with Gasteiger partial charge in [0.15, 0.2) is 0 Å². The lowest BCUT2D eigenvalue weighted by molar-refractivity contribution is -0.119. The van der Waals surface area contributed by atoms with Crippen molar-refractivity contribution >= 4 is 17.7 Å². The maximum atomic E-state index is 11.0. The SMILES string of the molecule is CSc1ccc2c(c1)CC(NC(C)=O)C2. The van der Waals surface area contributed by atoms with E-state index >= 15 is 0 Å². The Morgan fingerprint density at radius 3 is 2.80 bits per heavy atom. The fourth-order valence-electron chi connectivity index (χ4n) is 2.11. The van der Waals surface area contributed by atoms with Gasteiger partial charge in [0.2, 0.25) is 5.91 Å². The number of hydrogen-bond donors (Lipinski definition) is 1. The van der Waals surface area contributed by atoms with Gasteiger partial charge in [-0.1, -0.05) is 6.07 Å². The van der Waals surface area contributed by atoms with Crippen LogP contribution in [0.2, 0.25) is 0 Å². The van der Waals surface area contributed by atoms with Crippen LogP contribution in [0.3, 0.4) is 0 Å². The zero-order chi connectivity index (χ0) is 10.8. The lowest BCUT2D eigenvalue weighted by Gasteiger charge is -2.08. The molecule has 2 nitrogen and oxygen atoms in total. The number of hydrogen-bond acceptors (Lipinski definition) is 2. The van der Waals surface area contributed by atoms with Gasteiger partial charge in [0, 0.05) is 17.9 Å². The summed E-state index contributed by atoms with van der Waals surface area (Å²) in [5.74, 6) is 0.0675. The standard InChI is InChI=1S/C12H15NOS/c1-8(14)13-11-5-9-3-4-12(15-2)7-10(9)6-11/h3-4,7,11H,5-6H2,1-2H3,(H,13,14). The predicted octanol–water partition coefficient (Wildman–Crippen LogP) is 2.01. The molecule has 0 aliphatic heterocycles. The highest BCUT2D eigenvalue weighted by Crippen LogP contribution is 2.26. The molecule has 0 heterocycles. The van der Waals surface area contributed by atoms with Crippen molar-refractivity contribution in [3.63, 3.8) is 0 Å². The summed E-state index contributed by atoms with van der Waals surface area (Å²) < 4.78 is 0. The van der Waals surface area contributed by atoms with E-state index < -0.39 is 0 Å². The van der Waals surface area contributed by atoms with Gasteiger partial charge < -0.3 is 5.32 Å². The maximum absolute atomic E-state index is 11.0. The molecule has 0 saturated carbocycles. The quantitative estimate of drug-likeness (QED) is 0.774. The Balaban J connectivity index is 2.13. The lowest BCUT2D eigenvalue weighted by atomic mass is 10.1. The van der Waals surface area contributed by atoms with Crippen LogP contribution in [0.15, 0.2) is 23.1 Å². The number of rotatable bonds is 2. The second-order valence-corrected chi connectivity index (χ2v) is 4.82. The van der Waals surface area contributed by atoms with E-state index in [4.69, 9.17) is 0 Å². The molecule has 1 aliphatic rings. The Hall–Kier alpha value is -0.960. The summed E-state index contributed by atoms with van der Waals surface area (Å²) >= 11 is 1.76. The topological polar surface area (TPSA) is 29.1 Å². The van der Waals surface area contributed by atoms with Crippen molar-refractivity contribution in [2.75, 3.05) is 6.26 Å². The fraction of sp³-hybridized carbons (Fsp3) is 0.417. The minimum Gasteiger partial charge on any atom is -0.353 e. The van der Waals surface area contributed by atoms with Crippen molar-refractivity contribution in [3.8, 4) is 0 Å². The van der Waals surface area contributed by atoms with Crippen molar-refractivity contribution in [1.29, 1.82) is 0 Å². The van der Waals surface area contributed by atoms with Gasteiger partial charge in [-0.15, -0.1) is 11.8 Å². The molecule has 0 bridgehead atoms. The van der Waals surface area contributed by atoms with Gasteiger partial charge in [0.05, 0.1) is 0 Å². The smallest absolute Gasteiger partial charge is 0.217 e. The number of benzene rings is 1. The van der Waals surface area contributed by atoms with Crippen LogP contribution in [-0.2, 0) is 17.6 Å². The number of carbonyl (C=O) groups is 1. The highest BCUT2D eigenvalue weighted by atomic mass is 32.2. The lowest BCUT2D eigenvalue weighted by Crippen LogP contribution is -2.33. The van der Waals surface area contributed by atoms with Gasteiger partial charge in [-0.2, -0.15) is 0 Å². The van der Waals surface area contributed by atoms with Crippen LogP contribution in [0.4, 0.5) is 0 Å². The molecule has 1 N–H and O–H groups in total. The van der Waals surface area contributed by atoms with E-state index in [1.54, 1.807) is 18.7 Å². The second kappa shape index (κ2) is 4.27. The van der Waals surface area contributed by atoms with Crippen molar-refractivity contribution < 1.29 is 4.79 Å². The first-order chi connectivity index (χ1) is 7.19. The second-order valence-electron chi connectivity index (χ2n) is 3.94.